The molecule has 0 bridgehead atoms. The van der Waals surface area contributed by atoms with Crippen LogP contribution in [0.15, 0.2) is 23.3 Å². The van der Waals surface area contributed by atoms with Crippen molar-refractivity contribution in [3.05, 3.63) is 23.3 Å². The molecular weight excluding hydrogens is 180 g/mol. The molecule has 0 aromatic carbocycles. The average Bonchev–Trinajstić information content (AvgIpc) is 2.75. The summed E-state index contributed by atoms with van der Waals surface area (Å²) in [5, 5.41) is 0. The molecule has 0 nitrogen and oxygen atoms in total. The van der Waals surface area contributed by atoms with E-state index < -0.39 is 0 Å². The van der Waals surface area contributed by atoms with Gasteiger partial charge in [0.15, 0.2) is 0 Å². The first-order chi connectivity index (χ1) is 7.43. The maximum Gasteiger partial charge on any atom is -0.0164 e. The second-order valence-electron chi connectivity index (χ2n) is 4.85. The monoisotopic (exact) mass is 204 g/mol. The lowest BCUT2D eigenvalue weighted by molar-refractivity contribution is 0.523. The van der Waals surface area contributed by atoms with Crippen LogP contribution in [0.1, 0.15) is 58.8 Å². The van der Waals surface area contributed by atoms with E-state index in [-0.39, 0.29) is 0 Å². The van der Waals surface area contributed by atoms with Gasteiger partial charge in [-0.3, -0.25) is 0 Å². The van der Waals surface area contributed by atoms with Gasteiger partial charge in [0.25, 0.3) is 0 Å². The zero-order valence-corrected chi connectivity index (χ0v) is 10.3. The van der Waals surface area contributed by atoms with Gasteiger partial charge in [0.1, 0.15) is 0 Å². The SMILES string of the molecule is C1=C2CCCCC2=CC2CCCC12.CC. The Labute approximate surface area is 94.5 Å². The van der Waals surface area contributed by atoms with E-state index in [0.717, 1.165) is 11.8 Å². The number of rotatable bonds is 0. The summed E-state index contributed by atoms with van der Waals surface area (Å²) in [6.07, 6.45) is 15.2. The molecule has 0 saturated heterocycles. The van der Waals surface area contributed by atoms with Crippen LogP contribution in [-0.2, 0) is 0 Å². The molecule has 0 radical (unpaired) electrons. The summed E-state index contributed by atoms with van der Waals surface area (Å²) >= 11 is 0. The van der Waals surface area contributed by atoms with Crippen molar-refractivity contribution in [1.29, 1.82) is 0 Å². The maximum atomic E-state index is 2.62. The van der Waals surface area contributed by atoms with Crippen LogP contribution < -0.4 is 0 Å². The molecule has 0 N–H and O–H groups in total. The van der Waals surface area contributed by atoms with E-state index in [0.29, 0.717) is 0 Å². The predicted molar refractivity (Wildman–Crippen MR) is 66.8 cm³/mol. The molecule has 84 valence electrons. The van der Waals surface area contributed by atoms with Gasteiger partial charge in [-0.05, 0) is 61.5 Å². The Hall–Kier alpha value is -0.520. The minimum absolute atomic E-state index is 0.928. The average molecular weight is 204 g/mol. The molecule has 0 aromatic rings. The molecule has 2 saturated carbocycles. The van der Waals surface area contributed by atoms with Crippen LogP contribution in [0.4, 0.5) is 0 Å². The van der Waals surface area contributed by atoms with E-state index in [1.54, 1.807) is 11.1 Å². The summed E-state index contributed by atoms with van der Waals surface area (Å²) in [5.41, 5.74) is 3.43. The van der Waals surface area contributed by atoms with Gasteiger partial charge in [-0.25, -0.2) is 0 Å². The van der Waals surface area contributed by atoms with Crippen LogP contribution >= 0.6 is 0 Å². The lowest BCUT2D eigenvalue weighted by atomic mass is 9.78. The minimum Gasteiger partial charge on any atom is -0.0773 e. The number of hydrogen-bond donors (Lipinski definition) is 0. The normalized spacial score (nSPS) is 32.9. The van der Waals surface area contributed by atoms with Crippen molar-refractivity contribution in [3.8, 4) is 0 Å². The summed E-state index contributed by atoms with van der Waals surface area (Å²) in [5.74, 6) is 1.86. The Bertz CT molecular complexity index is 242. The van der Waals surface area contributed by atoms with Crippen LogP contribution in [0.25, 0.3) is 0 Å². The standard InChI is InChI=1S/C13H18.C2H6/c1-2-5-11-9-13-7-3-6-12(13)8-10(11)4-1;1-2/h8-9,12-13H,1-7H2;1-2H3. The van der Waals surface area contributed by atoms with Crippen molar-refractivity contribution in [1.82, 2.24) is 0 Å². The number of allylic oxidation sites excluding steroid dienone is 4. The van der Waals surface area contributed by atoms with Crippen molar-refractivity contribution in [2.75, 3.05) is 0 Å². The molecule has 0 heterocycles. The summed E-state index contributed by atoms with van der Waals surface area (Å²) in [6, 6.07) is 0. The van der Waals surface area contributed by atoms with Gasteiger partial charge >= 0.3 is 0 Å². The van der Waals surface area contributed by atoms with E-state index >= 15 is 0 Å². The smallest absolute Gasteiger partial charge is 0.0164 e. The van der Waals surface area contributed by atoms with Crippen LogP contribution in [0.2, 0.25) is 0 Å². The summed E-state index contributed by atoms with van der Waals surface area (Å²) < 4.78 is 0. The van der Waals surface area contributed by atoms with Crippen LogP contribution in [0.5, 0.6) is 0 Å². The first-order valence-corrected chi connectivity index (χ1v) is 6.85. The first kappa shape index (κ1) is 11.0. The Morgan fingerprint density at radius 3 is 1.73 bits per heavy atom. The highest BCUT2D eigenvalue weighted by molar-refractivity contribution is 5.37. The molecular formula is C15H24. The van der Waals surface area contributed by atoms with Crippen molar-refractivity contribution in [2.24, 2.45) is 11.8 Å². The first-order valence-electron chi connectivity index (χ1n) is 6.85. The highest BCUT2D eigenvalue weighted by Crippen LogP contribution is 2.43. The van der Waals surface area contributed by atoms with Crippen molar-refractivity contribution in [3.63, 3.8) is 0 Å². The third-order valence-electron chi connectivity index (χ3n) is 4.01. The maximum absolute atomic E-state index is 2.62. The Kier molecular flexibility index (Phi) is 3.66. The Morgan fingerprint density at radius 1 is 0.800 bits per heavy atom. The molecule has 3 aliphatic carbocycles. The van der Waals surface area contributed by atoms with Crippen molar-refractivity contribution >= 4 is 0 Å². The van der Waals surface area contributed by atoms with Crippen LogP contribution in [0.3, 0.4) is 0 Å². The molecule has 3 aliphatic rings. The topological polar surface area (TPSA) is 0 Å². The molecule has 0 aromatic heterocycles. The molecule has 0 aliphatic heterocycles. The predicted octanol–water partition coefficient (Wildman–Crippen LogP) is 4.87. The van der Waals surface area contributed by atoms with Crippen molar-refractivity contribution < 1.29 is 0 Å². The summed E-state index contributed by atoms with van der Waals surface area (Å²) in [4.78, 5) is 0. The van der Waals surface area contributed by atoms with Gasteiger partial charge in [-0.15, -0.1) is 0 Å². The van der Waals surface area contributed by atoms with E-state index in [1.807, 2.05) is 13.8 Å². The summed E-state index contributed by atoms with van der Waals surface area (Å²) in [7, 11) is 0. The number of fused-ring (bicyclic) bond motifs is 2. The Balaban J connectivity index is 0.000000404. The lowest BCUT2D eigenvalue weighted by Gasteiger charge is -2.27. The molecule has 2 unspecified atom stereocenters. The second kappa shape index (κ2) is 5.01. The van der Waals surface area contributed by atoms with E-state index in [2.05, 4.69) is 12.2 Å². The second-order valence-corrected chi connectivity index (χ2v) is 4.85. The van der Waals surface area contributed by atoms with Gasteiger partial charge in [0.05, 0.1) is 0 Å². The van der Waals surface area contributed by atoms with E-state index in [4.69, 9.17) is 0 Å². The fourth-order valence-electron chi connectivity index (χ4n) is 3.28. The molecule has 15 heavy (non-hydrogen) atoms. The van der Waals surface area contributed by atoms with Crippen LogP contribution in [0, 0.1) is 11.8 Å². The van der Waals surface area contributed by atoms with Gasteiger partial charge in [0.2, 0.25) is 0 Å². The van der Waals surface area contributed by atoms with E-state index in [1.165, 1.54) is 44.9 Å². The lowest BCUT2D eigenvalue weighted by Crippen LogP contribution is -2.12. The van der Waals surface area contributed by atoms with Gasteiger partial charge in [-0.2, -0.15) is 0 Å². The molecule has 0 heteroatoms. The fraction of sp³-hybridized carbons (Fsp3) is 0.733. The third kappa shape index (κ3) is 2.19. The molecule has 0 amide bonds. The molecule has 2 fully saturated rings. The van der Waals surface area contributed by atoms with Crippen LogP contribution in [-0.4, -0.2) is 0 Å². The summed E-state index contributed by atoms with van der Waals surface area (Å²) in [6.45, 7) is 4.00. The fourth-order valence-corrected chi connectivity index (χ4v) is 3.28. The number of hydrogen-bond acceptors (Lipinski definition) is 0. The highest BCUT2D eigenvalue weighted by Gasteiger charge is 2.29. The minimum atomic E-state index is 0.928. The third-order valence-corrected chi connectivity index (χ3v) is 4.01. The molecule has 3 rings (SSSR count). The van der Waals surface area contributed by atoms with Gasteiger partial charge < -0.3 is 0 Å². The van der Waals surface area contributed by atoms with Gasteiger partial charge in [-0.1, -0.05) is 32.4 Å². The Morgan fingerprint density at radius 2 is 1.27 bits per heavy atom. The zero-order chi connectivity index (χ0) is 10.7. The zero-order valence-electron chi connectivity index (χ0n) is 10.3. The van der Waals surface area contributed by atoms with Gasteiger partial charge in [0, 0.05) is 0 Å². The van der Waals surface area contributed by atoms with E-state index in [9.17, 15) is 0 Å². The van der Waals surface area contributed by atoms with Crippen molar-refractivity contribution in [2.45, 2.75) is 58.8 Å². The molecule has 0 spiro atoms. The highest BCUT2D eigenvalue weighted by atomic mass is 14.3. The quantitative estimate of drug-likeness (QED) is 0.528. The largest absolute Gasteiger partial charge is 0.0773 e. The molecule has 2 atom stereocenters.